The van der Waals surface area contributed by atoms with Crippen molar-refractivity contribution in [1.82, 2.24) is 0 Å². The summed E-state index contributed by atoms with van der Waals surface area (Å²) in [5, 5.41) is 0.578. The molecular formula is C27H25ClN2O2. The van der Waals surface area contributed by atoms with Crippen LogP contribution in [0.3, 0.4) is 0 Å². The van der Waals surface area contributed by atoms with E-state index in [4.69, 9.17) is 11.6 Å². The van der Waals surface area contributed by atoms with Crippen LogP contribution in [0.2, 0.25) is 5.02 Å². The molecule has 3 aromatic rings. The third-order valence-electron chi connectivity index (χ3n) is 5.85. The van der Waals surface area contributed by atoms with Crippen LogP contribution in [0, 0.1) is 13.8 Å². The van der Waals surface area contributed by atoms with Gasteiger partial charge >= 0.3 is 0 Å². The number of hydrogen-bond acceptors (Lipinski definition) is 2. The Morgan fingerprint density at radius 1 is 0.906 bits per heavy atom. The second-order valence-corrected chi connectivity index (χ2v) is 8.57. The lowest BCUT2D eigenvalue weighted by molar-refractivity contribution is -0.127. The van der Waals surface area contributed by atoms with Gasteiger partial charge < -0.3 is 4.90 Å². The number of piperazine rings is 1. The number of benzene rings is 3. The van der Waals surface area contributed by atoms with Crippen molar-refractivity contribution >= 4 is 40.9 Å². The third-order valence-corrected chi connectivity index (χ3v) is 6.10. The van der Waals surface area contributed by atoms with Crippen LogP contribution < -0.4 is 9.80 Å². The van der Waals surface area contributed by atoms with Crippen molar-refractivity contribution < 1.29 is 9.59 Å². The molecule has 162 valence electrons. The molecule has 1 saturated heterocycles. The number of halogens is 1. The minimum absolute atomic E-state index is 0.0148. The molecular weight excluding hydrogens is 420 g/mol. The van der Waals surface area contributed by atoms with Crippen LogP contribution in [0.15, 0.2) is 78.4 Å². The Kier molecular flexibility index (Phi) is 6.15. The first-order valence-corrected chi connectivity index (χ1v) is 10.9. The molecule has 1 aliphatic rings. The van der Waals surface area contributed by atoms with Gasteiger partial charge in [-0.2, -0.15) is 0 Å². The van der Waals surface area contributed by atoms with E-state index in [9.17, 15) is 9.59 Å². The second kappa shape index (κ2) is 9.01. The van der Waals surface area contributed by atoms with Crippen LogP contribution in [-0.2, 0) is 9.59 Å². The van der Waals surface area contributed by atoms with E-state index in [1.807, 2.05) is 75.4 Å². The van der Waals surface area contributed by atoms with Gasteiger partial charge in [-0.3, -0.25) is 14.5 Å². The third kappa shape index (κ3) is 4.32. The lowest BCUT2D eigenvalue weighted by Crippen LogP contribution is -2.61. The number of hydrogen-bond donors (Lipinski definition) is 0. The molecule has 0 bridgehead atoms. The first-order chi connectivity index (χ1) is 15.3. The lowest BCUT2D eigenvalue weighted by Gasteiger charge is -2.41. The maximum Gasteiger partial charge on any atom is 0.254 e. The molecule has 0 aromatic heterocycles. The summed E-state index contributed by atoms with van der Waals surface area (Å²) in [7, 11) is 0. The molecule has 4 rings (SSSR count). The van der Waals surface area contributed by atoms with Gasteiger partial charge in [-0.25, -0.2) is 0 Å². The van der Waals surface area contributed by atoms with E-state index in [1.165, 1.54) is 0 Å². The molecule has 1 heterocycles. The molecule has 0 N–H and O–H groups in total. The van der Waals surface area contributed by atoms with Gasteiger partial charge in [-0.15, -0.1) is 0 Å². The Balaban J connectivity index is 1.80. The van der Waals surface area contributed by atoms with Gasteiger partial charge in [0.25, 0.3) is 5.91 Å². The summed E-state index contributed by atoms with van der Waals surface area (Å²) >= 11 is 6.06. The predicted molar refractivity (Wildman–Crippen MR) is 131 cm³/mol. The molecule has 32 heavy (non-hydrogen) atoms. The SMILES string of the molecule is C/C(=C/c1ccccc1)[C@H]1C(=O)N(c2ccc(C)c(C)c2)CC(=O)N1c1ccc(Cl)cc1. The molecule has 1 atom stereocenters. The molecule has 0 spiro atoms. The van der Waals surface area contributed by atoms with E-state index < -0.39 is 6.04 Å². The zero-order valence-corrected chi connectivity index (χ0v) is 19.1. The fourth-order valence-electron chi connectivity index (χ4n) is 3.99. The zero-order chi connectivity index (χ0) is 22.8. The van der Waals surface area contributed by atoms with Crippen LogP contribution >= 0.6 is 11.6 Å². The van der Waals surface area contributed by atoms with E-state index in [1.54, 1.807) is 34.1 Å². The van der Waals surface area contributed by atoms with Gasteiger partial charge in [0.1, 0.15) is 12.6 Å². The first-order valence-electron chi connectivity index (χ1n) is 10.5. The number of aryl methyl sites for hydroxylation is 2. The van der Waals surface area contributed by atoms with Crippen LogP contribution in [0.4, 0.5) is 11.4 Å². The first kappa shape index (κ1) is 21.8. The topological polar surface area (TPSA) is 40.6 Å². The maximum atomic E-state index is 13.8. The average molecular weight is 445 g/mol. The number of nitrogens with zero attached hydrogens (tertiary/aromatic N) is 2. The standard InChI is InChI=1S/C27H25ClN2O2/c1-18-9-12-24(16-19(18)2)29-17-25(31)30(23-13-10-22(28)11-14-23)26(27(29)32)20(3)15-21-7-5-4-6-8-21/h4-16,26H,17H2,1-3H3/b20-15-/t26-/m0/s1. The van der Waals surface area contributed by atoms with Gasteiger partial charge in [-0.05, 0) is 79.4 Å². The summed E-state index contributed by atoms with van der Waals surface area (Å²) in [6.07, 6.45) is 1.96. The van der Waals surface area contributed by atoms with Crippen molar-refractivity contribution in [3.05, 3.63) is 100 Å². The quantitative estimate of drug-likeness (QED) is 0.509. The molecule has 0 aliphatic carbocycles. The molecule has 0 radical (unpaired) electrons. The number of carbonyl (C=O) groups is 2. The van der Waals surface area contributed by atoms with Gasteiger partial charge in [0, 0.05) is 16.4 Å². The fourth-order valence-corrected chi connectivity index (χ4v) is 4.11. The molecule has 2 amide bonds. The molecule has 4 nitrogen and oxygen atoms in total. The Bertz CT molecular complexity index is 1190. The van der Waals surface area contributed by atoms with Crippen molar-refractivity contribution in [2.75, 3.05) is 16.3 Å². The Morgan fingerprint density at radius 3 is 2.22 bits per heavy atom. The smallest absolute Gasteiger partial charge is 0.254 e. The predicted octanol–water partition coefficient (Wildman–Crippen LogP) is 5.81. The van der Waals surface area contributed by atoms with E-state index in [-0.39, 0.29) is 18.4 Å². The van der Waals surface area contributed by atoms with Crippen LogP contribution in [0.5, 0.6) is 0 Å². The Hall–Kier alpha value is -3.37. The van der Waals surface area contributed by atoms with Crippen molar-refractivity contribution in [1.29, 1.82) is 0 Å². The number of amides is 2. The molecule has 5 heteroatoms. The van der Waals surface area contributed by atoms with Crippen molar-refractivity contribution in [3.8, 4) is 0 Å². The number of rotatable bonds is 4. The van der Waals surface area contributed by atoms with Gasteiger partial charge in [0.2, 0.25) is 5.91 Å². The van der Waals surface area contributed by atoms with Gasteiger partial charge in [0.15, 0.2) is 0 Å². The maximum absolute atomic E-state index is 13.8. The van der Waals surface area contributed by atoms with Gasteiger partial charge in [0.05, 0.1) is 0 Å². The molecule has 0 unspecified atom stereocenters. The summed E-state index contributed by atoms with van der Waals surface area (Å²) in [5.74, 6) is -0.275. The highest BCUT2D eigenvalue weighted by molar-refractivity contribution is 6.30. The highest BCUT2D eigenvalue weighted by Crippen LogP contribution is 2.31. The summed E-state index contributed by atoms with van der Waals surface area (Å²) in [6.45, 7) is 5.92. The van der Waals surface area contributed by atoms with Gasteiger partial charge in [-0.1, -0.05) is 54.1 Å². The van der Waals surface area contributed by atoms with E-state index in [0.717, 1.165) is 28.0 Å². The molecule has 3 aromatic carbocycles. The highest BCUT2D eigenvalue weighted by atomic mass is 35.5. The van der Waals surface area contributed by atoms with Crippen molar-refractivity contribution in [2.24, 2.45) is 0 Å². The van der Waals surface area contributed by atoms with Crippen molar-refractivity contribution in [2.45, 2.75) is 26.8 Å². The van der Waals surface area contributed by atoms with E-state index in [0.29, 0.717) is 10.7 Å². The molecule has 1 aliphatic heterocycles. The van der Waals surface area contributed by atoms with Crippen LogP contribution in [-0.4, -0.2) is 24.4 Å². The summed E-state index contributed by atoms with van der Waals surface area (Å²) in [6, 6.07) is 21.9. The van der Waals surface area contributed by atoms with Crippen LogP contribution in [0.25, 0.3) is 6.08 Å². The largest absolute Gasteiger partial charge is 0.301 e. The highest BCUT2D eigenvalue weighted by Gasteiger charge is 2.41. The summed E-state index contributed by atoms with van der Waals surface area (Å²) in [5.41, 5.74) is 5.38. The summed E-state index contributed by atoms with van der Waals surface area (Å²) in [4.78, 5) is 30.4. The van der Waals surface area contributed by atoms with Crippen LogP contribution in [0.1, 0.15) is 23.6 Å². The molecule has 1 fully saturated rings. The zero-order valence-electron chi connectivity index (χ0n) is 18.4. The number of carbonyl (C=O) groups excluding carboxylic acids is 2. The van der Waals surface area contributed by atoms with Crippen molar-refractivity contribution in [3.63, 3.8) is 0 Å². The van der Waals surface area contributed by atoms with E-state index >= 15 is 0 Å². The monoisotopic (exact) mass is 444 g/mol. The lowest BCUT2D eigenvalue weighted by atomic mass is 9.98. The number of anilines is 2. The second-order valence-electron chi connectivity index (χ2n) is 8.13. The molecule has 0 saturated carbocycles. The Labute approximate surface area is 193 Å². The minimum Gasteiger partial charge on any atom is -0.301 e. The fraction of sp³-hybridized carbons (Fsp3) is 0.185. The summed E-state index contributed by atoms with van der Waals surface area (Å²) < 4.78 is 0. The normalized spacial score (nSPS) is 17.1. The average Bonchev–Trinajstić information content (AvgIpc) is 2.78. The Morgan fingerprint density at radius 2 is 1.56 bits per heavy atom. The van der Waals surface area contributed by atoms with E-state index in [2.05, 4.69) is 0 Å². The minimum atomic E-state index is -0.751.